The van der Waals surface area contributed by atoms with E-state index in [-0.39, 0.29) is 0 Å². The number of hydrazine groups is 1. The molecule has 0 fully saturated rings. The van der Waals surface area contributed by atoms with Crippen molar-refractivity contribution < 1.29 is 4.74 Å². The molecular weight excluding hydrogens is 348 g/mol. The number of nitrogens with zero attached hydrogens (tertiary/aromatic N) is 4. The third-order valence-electron chi connectivity index (χ3n) is 5.46. The molecule has 2 aromatic carbocycles. The summed E-state index contributed by atoms with van der Waals surface area (Å²) in [5.41, 5.74) is 5.71. The van der Waals surface area contributed by atoms with Crippen LogP contribution in [0.5, 0.6) is 5.75 Å². The van der Waals surface area contributed by atoms with Crippen molar-refractivity contribution in [2.75, 3.05) is 18.7 Å². The van der Waals surface area contributed by atoms with Crippen LogP contribution in [0.3, 0.4) is 0 Å². The van der Waals surface area contributed by atoms with Crippen molar-refractivity contribution in [1.29, 1.82) is 0 Å². The Kier molecular flexibility index (Phi) is 5.09. The number of methoxy groups -OCH3 is 1. The number of aryl methyl sites for hydroxylation is 1. The van der Waals surface area contributed by atoms with Crippen molar-refractivity contribution in [3.05, 3.63) is 66.2 Å². The van der Waals surface area contributed by atoms with Gasteiger partial charge in [-0.15, -0.1) is 0 Å². The molecule has 5 heteroatoms. The Hall–Kier alpha value is -2.79. The fourth-order valence-corrected chi connectivity index (χ4v) is 3.97. The van der Waals surface area contributed by atoms with Gasteiger partial charge in [0.1, 0.15) is 5.75 Å². The molecule has 0 bridgehead atoms. The van der Waals surface area contributed by atoms with E-state index in [4.69, 9.17) is 4.74 Å². The molecular formula is C23H28N4O. The summed E-state index contributed by atoms with van der Waals surface area (Å²) in [6.07, 6.45) is 6.18. The number of anilines is 2. The van der Waals surface area contributed by atoms with Crippen LogP contribution >= 0.6 is 0 Å². The van der Waals surface area contributed by atoms with E-state index in [0.717, 1.165) is 29.4 Å². The summed E-state index contributed by atoms with van der Waals surface area (Å²) in [4.78, 5) is 4.34. The molecule has 1 atom stereocenters. The maximum absolute atomic E-state index is 5.75. The number of rotatable bonds is 6. The first-order valence-corrected chi connectivity index (χ1v) is 9.98. The lowest BCUT2D eigenvalue weighted by atomic mass is 10.1. The van der Waals surface area contributed by atoms with Crippen molar-refractivity contribution in [3.63, 3.8) is 0 Å². The zero-order valence-corrected chi connectivity index (χ0v) is 17.1. The zero-order valence-electron chi connectivity index (χ0n) is 17.1. The van der Waals surface area contributed by atoms with Crippen molar-refractivity contribution >= 4 is 11.4 Å². The third-order valence-corrected chi connectivity index (χ3v) is 5.46. The molecule has 5 nitrogen and oxygen atoms in total. The summed E-state index contributed by atoms with van der Waals surface area (Å²) < 4.78 is 7.75. The molecule has 1 aliphatic heterocycles. The van der Waals surface area contributed by atoms with Crippen LogP contribution < -0.4 is 9.75 Å². The van der Waals surface area contributed by atoms with Gasteiger partial charge in [-0.3, -0.25) is 5.01 Å². The van der Waals surface area contributed by atoms with Gasteiger partial charge in [0.15, 0.2) is 0 Å². The molecule has 1 aliphatic rings. The molecule has 0 radical (unpaired) electrons. The number of aromatic nitrogens is 2. The summed E-state index contributed by atoms with van der Waals surface area (Å²) in [6.45, 7) is 7.54. The minimum atomic E-state index is 0.352. The molecule has 0 saturated carbocycles. The van der Waals surface area contributed by atoms with E-state index in [1.54, 1.807) is 7.11 Å². The highest BCUT2D eigenvalue weighted by atomic mass is 16.5. The van der Waals surface area contributed by atoms with Crippen LogP contribution in [0.1, 0.15) is 44.0 Å². The van der Waals surface area contributed by atoms with Crippen LogP contribution in [0.4, 0.5) is 11.4 Å². The fourth-order valence-electron chi connectivity index (χ4n) is 3.97. The van der Waals surface area contributed by atoms with Crippen molar-refractivity contribution in [2.45, 2.75) is 39.7 Å². The van der Waals surface area contributed by atoms with Gasteiger partial charge in [0.05, 0.1) is 42.2 Å². The first-order valence-electron chi connectivity index (χ1n) is 9.98. The minimum Gasteiger partial charge on any atom is -0.494 e. The molecule has 28 heavy (non-hydrogen) atoms. The Morgan fingerprint density at radius 3 is 2.64 bits per heavy atom. The largest absolute Gasteiger partial charge is 0.494 e. The topological polar surface area (TPSA) is 33.5 Å². The van der Waals surface area contributed by atoms with Crippen LogP contribution in [0.2, 0.25) is 0 Å². The molecule has 1 unspecified atom stereocenters. The summed E-state index contributed by atoms with van der Waals surface area (Å²) in [7, 11) is 1.72. The Labute approximate surface area is 167 Å². The first-order chi connectivity index (χ1) is 13.6. The predicted molar refractivity (Wildman–Crippen MR) is 113 cm³/mol. The number of para-hydroxylation sites is 1. The van der Waals surface area contributed by atoms with Crippen LogP contribution in [0.25, 0.3) is 5.69 Å². The van der Waals surface area contributed by atoms with Gasteiger partial charge in [0.25, 0.3) is 0 Å². The zero-order chi connectivity index (χ0) is 19.7. The van der Waals surface area contributed by atoms with Gasteiger partial charge in [0.2, 0.25) is 0 Å². The maximum Gasteiger partial charge on any atom is 0.145 e. The normalized spacial score (nSPS) is 16.4. The van der Waals surface area contributed by atoms with Gasteiger partial charge >= 0.3 is 0 Å². The van der Waals surface area contributed by atoms with Crippen LogP contribution in [0, 0.1) is 6.92 Å². The monoisotopic (exact) mass is 376 g/mol. The molecule has 0 spiro atoms. The number of hydrogen-bond acceptors (Lipinski definition) is 4. The minimum absolute atomic E-state index is 0.352. The Morgan fingerprint density at radius 1 is 1.11 bits per heavy atom. The van der Waals surface area contributed by atoms with Crippen molar-refractivity contribution in [2.24, 2.45) is 0 Å². The molecule has 0 amide bonds. The number of fused-ring (bicyclic) bond motifs is 1. The molecule has 4 rings (SSSR count). The van der Waals surface area contributed by atoms with Crippen LogP contribution in [0.15, 0.2) is 55.0 Å². The molecule has 0 saturated heterocycles. The van der Waals surface area contributed by atoms with E-state index >= 15 is 0 Å². The van der Waals surface area contributed by atoms with E-state index < -0.39 is 0 Å². The molecule has 1 aromatic heterocycles. The second-order valence-electron chi connectivity index (χ2n) is 7.34. The van der Waals surface area contributed by atoms with E-state index in [9.17, 15) is 0 Å². The van der Waals surface area contributed by atoms with Gasteiger partial charge in [-0.05, 0) is 44.0 Å². The maximum atomic E-state index is 5.75. The van der Waals surface area contributed by atoms with E-state index in [2.05, 4.69) is 71.3 Å². The quantitative estimate of drug-likeness (QED) is 0.575. The van der Waals surface area contributed by atoms with Crippen LogP contribution in [-0.4, -0.2) is 28.2 Å². The fraction of sp³-hybridized carbons (Fsp3) is 0.348. The Bertz CT molecular complexity index is 965. The van der Waals surface area contributed by atoms with Crippen molar-refractivity contribution in [3.8, 4) is 11.4 Å². The predicted octanol–water partition coefficient (Wildman–Crippen LogP) is 5.42. The highest BCUT2D eigenvalue weighted by molar-refractivity contribution is 5.71. The average Bonchev–Trinajstić information content (AvgIpc) is 3.27. The van der Waals surface area contributed by atoms with Gasteiger partial charge in [0, 0.05) is 18.8 Å². The SMILES string of the molecule is CCCCN1C(C)c2ccccc2N1c1ccc(-n2cnc(C)c2)c(OC)c1. The lowest BCUT2D eigenvalue weighted by Gasteiger charge is -2.33. The summed E-state index contributed by atoms with van der Waals surface area (Å²) in [6, 6.07) is 15.4. The van der Waals surface area contributed by atoms with E-state index in [1.165, 1.54) is 24.1 Å². The highest BCUT2D eigenvalue weighted by Crippen LogP contribution is 2.45. The first kappa shape index (κ1) is 18.6. The second kappa shape index (κ2) is 7.68. The lowest BCUT2D eigenvalue weighted by molar-refractivity contribution is 0.232. The smallest absolute Gasteiger partial charge is 0.145 e. The summed E-state index contributed by atoms with van der Waals surface area (Å²) in [5.74, 6) is 0.836. The standard InChI is InChI=1S/C23H28N4O/c1-5-6-13-26-18(3)20-9-7-8-10-21(20)27(26)19-11-12-22(23(14-19)28-4)25-15-17(2)24-16-25/h7-12,14-16,18H,5-6,13H2,1-4H3. The van der Waals surface area contributed by atoms with Gasteiger partial charge < -0.3 is 9.30 Å². The number of unbranched alkanes of at least 4 members (excludes halogenated alkanes) is 1. The number of benzene rings is 2. The summed E-state index contributed by atoms with van der Waals surface area (Å²) >= 11 is 0. The molecule has 0 N–H and O–H groups in total. The average molecular weight is 377 g/mol. The third kappa shape index (κ3) is 3.16. The van der Waals surface area contributed by atoms with E-state index in [1.807, 2.05) is 24.0 Å². The highest BCUT2D eigenvalue weighted by Gasteiger charge is 2.34. The molecule has 3 aromatic rings. The number of ether oxygens (including phenoxy) is 1. The van der Waals surface area contributed by atoms with E-state index in [0.29, 0.717) is 6.04 Å². The van der Waals surface area contributed by atoms with Gasteiger partial charge in [-0.1, -0.05) is 31.5 Å². The van der Waals surface area contributed by atoms with Gasteiger partial charge in [-0.2, -0.15) is 0 Å². The van der Waals surface area contributed by atoms with Gasteiger partial charge in [-0.25, -0.2) is 9.99 Å². The Morgan fingerprint density at radius 2 is 1.93 bits per heavy atom. The van der Waals surface area contributed by atoms with Crippen molar-refractivity contribution in [1.82, 2.24) is 14.6 Å². The Balaban J connectivity index is 1.77. The number of hydrogen-bond donors (Lipinski definition) is 0. The molecule has 146 valence electrons. The molecule has 0 aliphatic carbocycles. The van der Waals surface area contributed by atoms with Crippen LogP contribution in [-0.2, 0) is 0 Å². The second-order valence-corrected chi connectivity index (χ2v) is 7.34. The molecule has 2 heterocycles. The number of imidazole rings is 1. The lowest BCUT2D eigenvalue weighted by Crippen LogP contribution is -2.36. The summed E-state index contributed by atoms with van der Waals surface area (Å²) in [5, 5.41) is 4.81.